The van der Waals surface area contributed by atoms with E-state index in [4.69, 9.17) is 0 Å². The lowest BCUT2D eigenvalue weighted by Gasteiger charge is -2.23. The Morgan fingerprint density at radius 3 is 1.33 bits per heavy atom. The highest BCUT2D eigenvalue weighted by Crippen LogP contribution is 2.56. The summed E-state index contributed by atoms with van der Waals surface area (Å²) >= 11 is 0. The van der Waals surface area contributed by atoms with E-state index in [1.165, 1.54) is 0 Å². The van der Waals surface area contributed by atoms with E-state index in [0.717, 1.165) is 5.56 Å². The van der Waals surface area contributed by atoms with Crippen LogP contribution >= 0.6 is 7.14 Å². The van der Waals surface area contributed by atoms with Gasteiger partial charge in [-0.25, -0.2) is 0 Å². The summed E-state index contributed by atoms with van der Waals surface area (Å²) in [6.07, 6.45) is 1.55. The third-order valence-corrected chi connectivity index (χ3v) is 8.09. The molecule has 4 aromatic rings. The lowest BCUT2D eigenvalue weighted by atomic mass is 10.1. The topological polar surface area (TPSA) is 34.1 Å². The predicted octanol–water partition coefficient (Wildman–Crippen LogP) is 5.92. The van der Waals surface area contributed by atoms with Crippen LogP contribution in [0.4, 0.5) is 0 Å². The SMILES string of the molecule is O=C(C=C(c1ccccc1)P(=O)(c1ccccc1)c1ccccc1)c1ccccc1. The Kier molecular flexibility index (Phi) is 5.88. The van der Waals surface area contributed by atoms with Gasteiger partial charge >= 0.3 is 0 Å². The van der Waals surface area contributed by atoms with Crippen LogP contribution in [0.1, 0.15) is 15.9 Å². The zero-order valence-corrected chi connectivity index (χ0v) is 17.3. The molecule has 0 amide bonds. The maximum atomic E-state index is 14.9. The third-order valence-electron chi connectivity index (χ3n) is 4.97. The molecule has 3 heteroatoms. The normalized spacial score (nSPS) is 11.8. The average molecular weight is 408 g/mol. The van der Waals surface area contributed by atoms with Gasteiger partial charge < -0.3 is 4.57 Å². The molecule has 0 aliphatic carbocycles. The number of allylic oxidation sites excluding steroid dienone is 1. The Labute approximate surface area is 176 Å². The van der Waals surface area contributed by atoms with Crippen LogP contribution in [0.3, 0.4) is 0 Å². The number of hydrogen-bond donors (Lipinski definition) is 0. The van der Waals surface area contributed by atoms with Crippen molar-refractivity contribution in [2.45, 2.75) is 0 Å². The van der Waals surface area contributed by atoms with E-state index in [0.29, 0.717) is 21.5 Å². The zero-order valence-electron chi connectivity index (χ0n) is 16.4. The van der Waals surface area contributed by atoms with Gasteiger partial charge in [0.05, 0.1) is 0 Å². The molecule has 0 aliphatic rings. The predicted molar refractivity (Wildman–Crippen MR) is 125 cm³/mol. The molecule has 0 atom stereocenters. The zero-order chi connectivity index (χ0) is 20.8. The van der Waals surface area contributed by atoms with Gasteiger partial charge in [0.1, 0.15) is 0 Å². The maximum absolute atomic E-state index is 14.9. The molecule has 30 heavy (non-hydrogen) atoms. The monoisotopic (exact) mass is 408 g/mol. The molecule has 4 rings (SSSR count). The summed E-state index contributed by atoms with van der Waals surface area (Å²) in [6.45, 7) is 0. The fourth-order valence-corrected chi connectivity index (χ4v) is 6.33. The molecule has 146 valence electrons. The quantitative estimate of drug-likeness (QED) is 0.225. The molecule has 0 spiro atoms. The van der Waals surface area contributed by atoms with Crippen molar-refractivity contribution in [2.75, 3.05) is 0 Å². The molecule has 0 radical (unpaired) electrons. The summed E-state index contributed by atoms with van der Waals surface area (Å²) in [6, 6.07) is 37.4. The standard InChI is InChI=1S/C27H21O2P/c28-26(22-13-5-1-6-14-22)21-27(23-15-7-2-8-16-23)30(29,24-17-9-3-10-18-24)25-19-11-4-12-20-25/h1-21H. The highest BCUT2D eigenvalue weighted by Gasteiger charge is 2.33. The number of benzene rings is 4. The van der Waals surface area contributed by atoms with Gasteiger partial charge in [0.15, 0.2) is 12.9 Å². The van der Waals surface area contributed by atoms with Gasteiger partial charge in [0.25, 0.3) is 0 Å². The van der Waals surface area contributed by atoms with Crippen LogP contribution in [0, 0.1) is 0 Å². The van der Waals surface area contributed by atoms with E-state index < -0.39 is 7.14 Å². The maximum Gasteiger partial charge on any atom is 0.186 e. The van der Waals surface area contributed by atoms with E-state index in [-0.39, 0.29) is 5.78 Å². The summed E-state index contributed by atoms with van der Waals surface area (Å²) < 4.78 is 14.9. The molecule has 0 saturated heterocycles. The van der Waals surface area contributed by atoms with Crippen molar-refractivity contribution >= 4 is 28.8 Å². The fourth-order valence-electron chi connectivity index (χ4n) is 3.48. The number of rotatable bonds is 6. The van der Waals surface area contributed by atoms with Crippen LogP contribution in [0.5, 0.6) is 0 Å². The van der Waals surface area contributed by atoms with Crippen molar-refractivity contribution in [3.8, 4) is 0 Å². The van der Waals surface area contributed by atoms with E-state index in [1.807, 2.05) is 109 Å². The number of hydrogen-bond acceptors (Lipinski definition) is 2. The third kappa shape index (κ3) is 3.96. The van der Waals surface area contributed by atoms with Crippen molar-refractivity contribution in [3.63, 3.8) is 0 Å². The van der Waals surface area contributed by atoms with Crippen LogP contribution in [-0.4, -0.2) is 5.78 Å². The molecule has 0 saturated carbocycles. The summed E-state index contributed by atoms with van der Waals surface area (Å²) in [7, 11) is -3.29. The molecule has 0 bridgehead atoms. The lowest BCUT2D eigenvalue weighted by Crippen LogP contribution is -2.17. The Balaban J connectivity index is 1.99. The highest BCUT2D eigenvalue weighted by atomic mass is 31.2. The van der Waals surface area contributed by atoms with Gasteiger partial charge in [-0.2, -0.15) is 0 Å². The van der Waals surface area contributed by atoms with E-state index in [9.17, 15) is 9.36 Å². The first-order valence-electron chi connectivity index (χ1n) is 9.78. The largest absolute Gasteiger partial charge is 0.309 e. The Bertz CT molecular complexity index is 1160. The summed E-state index contributed by atoms with van der Waals surface area (Å²) in [4.78, 5) is 13.1. The molecule has 0 fully saturated rings. The second kappa shape index (κ2) is 8.90. The fraction of sp³-hybridized carbons (Fsp3) is 0. The number of carbonyl (C=O) groups is 1. The first kappa shape index (κ1) is 19.8. The van der Waals surface area contributed by atoms with Gasteiger partial charge in [-0.05, 0) is 11.6 Å². The van der Waals surface area contributed by atoms with Gasteiger partial charge in [-0.3, -0.25) is 4.79 Å². The first-order valence-corrected chi connectivity index (χ1v) is 11.5. The molecule has 0 N–H and O–H groups in total. The van der Waals surface area contributed by atoms with Crippen molar-refractivity contribution in [1.29, 1.82) is 0 Å². The molecular weight excluding hydrogens is 387 g/mol. The van der Waals surface area contributed by atoms with Gasteiger partial charge in [0.2, 0.25) is 0 Å². The van der Waals surface area contributed by atoms with Crippen LogP contribution in [-0.2, 0) is 4.57 Å². The molecule has 2 nitrogen and oxygen atoms in total. The molecule has 4 aromatic carbocycles. The minimum atomic E-state index is -3.29. The van der Waals surface area contributed by atoms with Crippen molar-refractivity contribution in [2.24, 2.45) is 0 Å². The smallest absolute Gasteiger partial charge is 0.186 e. The minimum Gasteiger partial charge on any atom is -0.309 e. The molecule has 0 heterocycles. The van der Waals surface area contributed by atoms with Crippen LogP contribution < -0.4 is 10.6 Å². The molecule has 0 aromatic heterocycles. The Morgan fingerprint density at radius 1 is 0.533 bits per heavy atom. The van der Waals surface area contributed by atoms with Crippen LogP contribution in [0.25, 0.3) is 5.31 Å². The van der Waals surface area contributed by atoms with Crippen LogP contribution in [0.15, 0.2) is 127 Å². The molecular formula is C27H21O2P. The van der Waals surface area contributed by atoms with Gasteiger partial charge in [-0.1, -0.05) is 121 Å². The van der Waals surface area contributed by atoms with E-state index >= 15 is 0 Å². The van der Waals surface area contributed by atoms with Crippen molar-refractivity contribution in [3.05, 3.63) is 139 Å². The number of carbonyl (C=O) groups excluding carboxylic acids is 1. The second-order valence-electron chi connectivity index (χ2n) is 6.91. The average Bonchev–Trinajstić information content (AvgIpc) is 2.84. The Morgan fingerprint density at radius 2 is 0.900 bits per heavy atom. The van der Waals surface area contributed by atoms with Crippen molar-refractivity contribution < 1.29 is 9.36 Å². The first-order chi connectivity index (χ1) is 14.7. The number of ketones is 1. The highest BCUT2D eigenvalue weighted by molar-refractivity contribution is 7.87. The van der Waals surface area contributed by atoms with Gasteiger partial charge in [-0.15, -0.1) is 0 Å². The van der Waals surface area contributed by atoms with Crippen molar-refractivity contribution in [1.82, 2.24) is 0 Å². The van der Waals surface area contributed by atoms with Gasteiger partial charge in [0, 0.05) is 21.5 Å². The summed E-state index contributed by atoms with van der Waals surface area (Å²) in [5.41, 5.74) is 1.34. The van der Waals surface area contributed by atoms with E-state index in [1.54, 1.807) is 18.2 Å². The van der Waals surface area contributed by atoms with Crippen LogP contribution in [0.2, 0.25) is 0 Å². The summed E-state index contributed by atoms with van der Waals surface area (Å²) in [5.74, 6) is -0.165. The Hall–Kier alpha value is -3.48. The lowest BCUT2D eigenvalue weighted by molar-refractivity contribution is 0.104. The van der Waals surface area contributed by atoms with E-state index in [2.05, 4.69) is 0 Å². The molecule has 0 aliphatic heterocycles. The molecule has 0 unspecified atom stereocenters. The second-order valence-corrected chi connectivity index (χ2v) is 9.64. The minimum absolute atomic E-state index is 0.165. The summed E-state index contributed by atoms with van der Waals surface area (Å²) in [5, 5.41) is 1.94.